The number of nitrogens with one attached hydrogen (secondary N) is 2. The third kappa shape index (κ3) is 7.08. The minimum Gasteiger partial charge on any atom is -0.368 e. The van der Waals surface area contributed by atoms with Gasteiger partial charge in [0.05, 0.1) is 12.4 Å². The molecule has 0 aliphatic carbocycles. The summed E-state index contributed by atoms with van der Waals surface area (Å²) >= 11 is 0. The maximum atomic E-state index is 3.49. The number of rotatable bonds is 0. The average molecular weight is 214 g/mol. The lowest BCUT2D eigenvalue weighted by molar-refractivity contribution is 0.940. The fourth-order valence-corrected chi connectivity index (χ4v) is 0.829. The van der Waals surface area contributed by atoms with Crippen molar-refractivity contribution < 1.29 is 0 Å². The molecule has 82 valence electrons. The Hall–Kier alpha value is -2.36. The molecule has 0 unspecified atom stereocenters. The van der Waals surface area contributed by atoms with Crippen LogP contribution in [0.15, 0.2) is 73.3 Å². The highest BCUT2D eigenvalue weighted by molar-refractivity contribution is 4.99. The molecule has 2 aromatic heterocycles. The van der Waals surface area contributed by atoms with Gasteiger partial charge < -0.3 is 4.98 Å². The molecule has 0 saturated carbocycles. The molecule has 0 amide bonds. The van der Waals surface area contributed by atoms with Crippen LogP contribution in [0.3, 0.4) is 0 Å². The first-order valence-electron chi connectivity index (χ1n) is 4.87. The lowest BCUT2D eigenvalue weighted by Gasteiger charge is -1.69. The summed E-state index contributed by atoms with van der Waals surface area (Å²) in [6, 6.07) is 15.9. The van der Waals surface area contributed by atoms with E-state index in [-0.39, 0.29) is 0 Å². The van der Waals surface area contributed by atoms with Gasteiger partial charge in [-0.1, -0.05) is 36.4 Å². The van der Waals surface area contributed by atoms with Crippen molar-refractivity contribution in [3.05, 3.63) is 73.3 Å². The highest BCUT2D eigenvalue weighted by Gasteiger charge is 1.58. The Balaban J connectivity index is 0.000000121. The van der Waals surface area contributed by atoms with Crippen LogP contribution in [0.25, 0.3) is 0 Å². The summed E-state index contributed by atoms with van der Waals surface area (Å²) in [4.78, 5) is 2.86. The van der Waals surface area contributed by atoms with E-state index in [1.54, 1.807) is 12.4 Å². The zero-order valence-corrected chi connectivity index (χ0v) is 8.82. The zero-order valence-electron chi connectivity index (χ0n) is 8.82. The van der Waals surface area contributed by atoms with Crippen molar-refractivity contribution in [1.29, 1.82) is 0 Å². The second-order valence-electron chi connectivity index (χ2n) is 2.70. The summed E-state index contributed by atoms with van der Waals surface area (Å²) in [5, 5.41) is 9.33. The Bertz CT molecular complexity index is 304. The molecule has 0 radical (unpaired) electrons. The smallest absolute Gasteiger partial charge is 0.0690 e. The predicted molar refractivity (Wildman–Crippen MR) is 63.6 cm³/mol. The molecule has 1 aromatic carbocycles. The van der Waals surface area contributed by atoms with E-state index in [9.17, 15) is 0 Å². The van der Waals surface area contributed by atoms with Crippen LogP contribution in [0.5, 0.6) is 0 Å². The summed E-state index contributed by atoms with van der Waals surface area (Å²) in [5.74, 6) is 0. The van der Waals surface area contributed by atoms with E-state index in [1.165, 1.54) is 0 Å². The van der Waals surface area contributed by atoms with Gasteiger partial charge in [-0.15, -0.1) is 0 Å². The molecule has 3 aromatic rings. The molecule has 0 saturated heterocycles. The highest BCUT2D eigenvalue weighted by atomic mass is 15.3. The van der Waals surface area contributed by atoms with E-state index in [1.807, 2.05) is 60.9 Å². The van der Waals surface area contributed by atoms with Gasteiger partial charge in [0.1, 0.15) is 0 Å². The lowest BCUT2D eigenvalue weighted by Crippen LogP contribution is -1.61. The maximum absolute atomic E-state index is 3.49. The molecule has 16 heavy (non-hydrogen) atoms. The molecule has 0 spiro atoms. The van der Waals surface area contributed by atoms with Crippen molar-refractivity contribution in [3.63, 3.8) is 0 Å². The summed E-state index contributed by atoms with van der Waals surface area (Å²) in [7, 11) is 0. The van der Waals surface area contributed by atoms with Gasteiger partial charge in [0.15, 0.2) is 0 Å². The minimum atomic E-state index is 1.58. The first-order valence-corrected chi connectivity index (χ1v) is 4.87. The zero-order chi connectivity index (χ0) is 11.3. The number of hydrogen-bond acceptors (Lipinski definition) is 2. The number of aromatic amines is 2. The Morgan fingerprint density at radius 1 is 0.562 bits per heavy atom. The van der Waals surface area contributed by atoms with Crippen LogP contribution in [-0.2, 0) is 0 Å². The van der Waals surface area contributed by atoms with Gasteiger partial charge in [0, 0.05) is 12.4 Å². The predicted octanol–water partition coefficient (Wildman–Crippen LogP) is 2.51. The van der Waals surface area contributed by atoms with Crippen LogP contribution >= 0.6 is 0 Å². The Morgan fingerprint density at radius 2 is 1.00 bits per heavy atom. The second kappa shape index (κ2) is 9.21. The van der Waals surface area contributed by atoms with Crippen LogP contribution in [0, 0.1) is 0 Å². The van der Waals surface area contributed by atoms with Gasteiger partial charge in [-0.25, -0.2) is 0 Å². The molecule has 0 atom stereocenters. The number of H-pyrrole nitrogens is 2. The molecule has 4 nitrogen and oxygen atoms in total. The first-order chi connectivity index (χ1) is 8.00. The number of hydrogen-bond donors (Lipinski definition) is 2. The van der Waals surface area contributed by atoms with Crippen molar-refractivity contribution in [2.75, 3.05) is 0 Å². The molecule has 0 aliphatic rings. The number of nitrogens with zero attached hydrogens (tertiary/aromatic N) is 2. The Morgan fingerprint density at radius 3 is 1.19 bits per heavy atom. The first kappa shape index (κ1) is 11.7. The maximum Gasteiger partial charge on any atom is 0.0690 e. The molecule has 4 heteroatoms. The van der Waals surface area contributed by atoms with E-state index in [0.717, 1.165) is 0 Å². The molecule has 0 fully saturated rings. The van der Waals surface area contributed by atoms with Crippen LogP contribution in [0.4, 0.5) is 0 Å². The van der Waals surface area contributed by atoms with Gasteiger partial charge in [-0.3, -0.25) is 0 Å². The van der Waals surface area contributed by atoms with Crippen LogP contribution < -0.4 is 0 Å². The SMILES string of the molecule is c1cc[nH]c1.c1ccccc1.c1cn[nH]n1. The molecule has 2 N–H and O–H groups in total. The van der Waals surface area contributed by atoms with Crippen molar-refractivity contribution in [1.82, 2.24) is 20.4 Å². The van der Waals surface area contributed by atoms with Crippen molar-refractivity contribution in [2.45, 2.75) is 0 Å². The normalized spacial score (nSPS) is 8.00. The fourth-order valence-electron chi connectivity index (χ4n) is 0.829. The second-order valence-corrected chi connectivity index (χ2v) is 2.70. The van der Waals surface area contributed by atoms with Crippen LogP contribution in [-0.4, -0.2) is 20.4 Å². The van der Waals surface area contributed by atoms with E-state index in [4.69, 9.17) is 0 Å². The minimum absolute atomic E-state index is 1.58. The van der Waals surface area contributed by atoms with Crippen molar-refractivity contribution in [2.24, 2.45) is 0 Å². The molecular formula is C12H14N4. The molecule has 0 bridgehead atoms. The third-order valence-electron chi connectivity index (χ3n) is 1.49. The highest BCUT2D eigenvalue weighted by Crippen LogP contribution is 1.79. The van der Waals surface area contributed by atoms with Crippen molar-refractivity contribution in [3.8, 4) is 0 Å². The summed E-state index contributed by atoms with van der Waals surface area (Å²) in [5.41, 5.74) is 0. The van der Waals surface area contributed by atoms with E-state index >= 15 is 0 Å². The van der Waals surface area contributed by atoms with Gasteiger partial charge in [0.25, 0.3) is 0 Å². The molecular weight excluding hydrogens is 200 g/mol. The van der Waals surface area contributed by atoms with Gasteiger partial charge in [-0.2, -0.15) is 15.4 Å². The standard InChI is InChI=1S/C6H6.C4H5N.C2H3N3/c1-2-4-6-5-3-1;2*1-2-4-5-3-1/h1-6H;1-5H;1-2H,(H,3,4,5). The van der Waals surface area contributed by atoms with Crippen molar-refractivity contribution >= 4 is 0 Å². The number of benzene rings is 1. The largest absolute Gasteiger partial charge is 0.368 e. The summed E-state index contributed by atoms with van der Waals surface area (Å²) < 4.78 is 0. The molecule has 3 rings (SSSR count). The molecule has 0 aliphatic heterocycles. The van der Waals surface area contributed by atoms with E-state index < -0.39 is 0 Å². The van der Waals surface area contributed by atoms with Gasteiger partial charge in [0.2, 0.25) is 0 Å². The number of aromatic nitrogens is 4. The summed E-state index contributed by atoms with van der Waals surface area (Å²) in [6.45, 7) is 0. The van der Waals surface area contributed by atoms with Gasteiger partial charge >= 0.3 is 0 Å². The Labute approximate surface area is 94.4 Å². The van der Waals surface area contributed by atoms with E-state index in [2.05, 4.69) is 20.4 Å². The topological polar surface area (TPSA) is 57.4 Å². The fraction of sp³-hybridized carbons (Fsp3) is 0. The summed E-state index contributed by atoms with van der Waals surface area (Å²) in [6.07, 6.45) is 6.92. The lowest BCUT2D eigenvalue weighted by atomic mass is 10.4. The monoisotopic (exact) mass is 214 g/mol. The molecule has 2 heterocycles. The van der Waals surface area contributed by atoms with E-state index in [0.29, 0.717) is 0 Å². The van der Waals surface area contributed by atoms with Gasteiger partial charge in [-0.05, 0) is 12.1 Å². The third-order valence-corrected chi connectivity index (χ3v) is 1.49. The Kier molecular flexibility index (Phi) is 6.74. The average Bonchev–Trinajstić information content (AvgIpc) is 3.10. The van der Waals surface area contributed by atoms with Crippen LogP contribution in [0.1, 0.15) is 0 Å². The van der Waals surface area contributed by atoms with Crippen LogP contribution in [0.2, 0.25) is 0 Å². The quantitative estimate of drug-likeness (QED) is 0.604.